The zero-order valence-electron chi connectivity index (χ0n) is 13.9. The molecular weight excluding hydrogens is 467 g/mol. The van der Waals surface area contributed by atoms with Crippen LogP contribution in [0.3, 0.4) is 0 Å². The number of carboxylic acids is 1. The van der Waals surface area contributed by atoms with E-state index in [-0.39, 0.29) is 16.4 Å². The predicted molar refractivity (Wildman–Crippen MR) is 109 cm³/mol. The summed E-state index contributed by atoms with van der Waals surface area (Å²) in [5.41, 5.74) is 0.616. The summed E-state index contributed by atoms with van der Waals surface area (Å²) in [4.78, 5) is 23.4. The molecule has 0 radical (unpaired) electrons. The van der Waals surface area contributed by atoms with Gasteiger partial charge in [0, 0.05) is 20.4 Å². The van der Waals surface area contributed by atoms with Gasteiger partial charge in [-0.25, -0.2) is 0 Å². The first-order valence-corrected chi connectivity index (χ1v) is 9.25. The monoisotopic (exact) mass is 483 g/mol. The fourth-order valence-corrected chi connectivity index (χ4v) is 2.74. The number of halogens is 1. The van der Waals surface area contributed by atoms with E-state index >= 15 is 0 Å². The highest BCUT2D eigenvalue weighted by Crippen LogP contribution is 2.18. The summed E-state index contributed by atoms with van der Waals surface area (Å²) < 4.78 is 6.21. The Balaban J connectivity index is 2.01. The van der Waals surface area contributed by atoms with Crippen LogP contribution in [0.1, 0.15) is 34.1 Å². The van der Waals surface area contributed by atoms with E-state index in [9.17, 15) is 14.7 Å². The minimum atomic E-state index is -1.33. The molecule has 2 aromatic rings. The molecule has 0 atom stereocenters. The molecular formula is C18H16IN2O4S-. The van der Waals surface area contributed by atoms with Crippen LogP contribution < -0.4 is 20.5 Å². The van der Waals surface area contributed by atoms with Crippen LogP contribution in [-0.2, 0) is 0 Å². The molecule has 0 spiro atoms. The molecule has 0 bridgehead atoms. The van der Waals surface area contributed by atoms with Crippen LogP contribution >= 0.6 is 34.8 Å². The number of ether oxygens (including phenoxy) is 1. The zero-order valence-corrected chi connectivity index (χ0v) is 16.8. The summed E-state index contributed by atoms with van der Waals surface area (Å²) in [6, 6.07) is 11.4. The van der Waals surface area contributed by atoms with Crippen molar-refractivity contribution in [3.8, 4) is 5.75 Å². The molecule has 2 N–H and O–H groups in total. The van der Waals surface area contributed by atoms with E-state index in [0.717, 1.165) is 9.99 Å². The topological polar surface area (TPSA) is 90.5 Å². The van der Waals surface area contributed by atoms with E-state index < -0.39 is 11.9 Å². The van der Waals surface area contributed by atoms with Gasteiger partial charge in [-0.1, -0.05) is 6.92 Å². The number of anilines is 1. The van der Waals surface area contributed by atoms with Crippen LogP contribution in [0, 0.1) is 3.57 Å². The highest BCUT2D eigenvalue weighted by Gasteiger charge is 2.11. The number of benzene rings is 2. The second-order valence-corrected chi connectivity index (χ2v) is 6.91. The molecule has 0 aliphatic carbocycles. The summed E-state index contributed by atoms with van der Waals surface area (Å²) in [5, 5.41) is 16.4. The average molecular weight is 483 g/mol. The van der Waals surface area contributed by atoms with Crippen molar-refractivity contribution in [1.82, 2.24) is 5.32 Å². The highest BCUT2D eigenvalue weighted by atomic mass is 127. The third-order valence-corrected chi connectivity index (χ3v) is 4.14. The van der Waals surface area contributed by atoms with Gasteiger partial charge in [0.15, 0.2) is 5.11 Å². The van der Waals surface area contributed by atoms with Crippen molar-refractivity contribution in [3.63, 3.8) is 0 Å². The molecule has 0 aromatic heterocycles. The number of thiocarbonyl (C=S) groups is 1. The maximum Gasteiger partial charge on any atom is 0.257 e. The van der Waals surface area contributed by atoms with E-state index in [4.69, 9.17) is 17.0 Å². The lowest BCUT2D eigenvalue weighted by molar-refractivity contribution is -0.254. The van der Waals surface area contributed by atoms with E-state index in [2.05, 4.69) is 10.6 Å². The molecule has 2 rings (SSSR count). The minimum absolute atomic E-state index is 0.00924. The second-order valence-electron chi connectivity index (χ2n) is 5.26. The van der Waals surface area contributed by atoms with Crippen LogP contribution in [0.4, 0.5) is 5.69 Å². The van der Waals surface area contributed by atoms with Crippen LogP contribution in [0.5, 0.6) is 5.75 Å². The lowest BCUT2D eigenvalue weighted by atomic mass is 10.2. The van der Waals surface area contributed by atoms with Gasteiger partial charge >= 0.3 is 0 Å². The van der Waals surface area contributed by atoms with Crippen molar-refractivity contribution in [3.05, 3.63) is 57.2 Å². The highest BCUT2D eigenvalue weighted by molar-refractivity contribution is 14.1. The van der Waals surface area contributed by atoms with Gasteiger partial charge in [0.1, 0.15) is 5.75 Å². The number of carboxylic acid groups (broad SMARTS) is 1. The number of carbonyl (C=O) groups is 2. The summed E-state index contributed by atoms with van der Waals surface area (Å²) >= 11 is 7.09. The van der Waals surface area contributed by atoms with Gasteiger partial charge in [0.2, 0.25) is 0 Å². The Morgan fingerprint density at radius 2 is 1.88 bits per heavy atom. The lowest BCUT2D eigenvalue weighted by Crippen LogP contribution is -2.35. The number of hydrogen-bond acceptors (Lipinski definition) is 5. The van der Waals surface area contributed by atoms with Crippen LogP contribution in [0.2, 0.25) is 0 Å². The largest absolute Gasteiger partial charge is 0.545 e. The Morgan fingerprint density at radius 3 is 2.50 bits per heavy atom. The third-order valence-electron chi connectivity index (χ3n) is 3.27. The summed E-state index contributed by atoms with van der Waals surface area (Å²) in [6.45, 7) is 2.62. The maximum absolute atomic E-state index is 12.2. The number of nitrogens with one attached hydrogen (secondary N) is 2. The molecule has 0 saturated carbocycles. The number of carbonyl (C=O) groups excluding carboxylic acids is 2. The third kappa shape index (κ3) is 5.67. The number of amides is 1. The molecule has 136 valence electrons. The van der Waals surface area contributed by atoms with Crippen molar-refractivity contribution < 1.29 is 19.4 Å². The van der Waals surface area contributed by atoms with Crippen molar-refractivity contribution in [2.45, 2.75) is 13.3 Å². The first kappa shape index (κ1) is 20.1. The second kappa shape index (κ2) is 9.48. The van der Waals surface area contributed by atoms with E-state index in [1.165, 1.54) is 6.07 Å². The van der Waals surface area contributed by atoms with Gasteiger partial charge in [-0.05, 0) is 83.7 Å². The van der Waals surface area contributed by atoms with Crippen molar-refractivity contribution in [2.75, 3.05) is 11.9 Å². The molecule has 0 heterocycles. The fourth-order valence-electron chi connectivity index (χ4n) is 2.05. The van der Waals surface area contributed by atoms with E-state index in [1.807, 2.05) is 29.5 Å². The van der Waals surface area contributed by atoms with Crippen LogP contribution in [0.25, 0.3) is 0 Å². The lowest BCUT2D eigenvalue weighted by Gasteiger charge is -2.14. The van der Waals surface area contributed by atoms with E-state index in [0.29, 0.717) is 17.9 Å². The molecule has 0 fully saturated rings. The van der Waals surface area contributed by atoms with Gasteiger partial charge in [-0.2, -0.15) is 0 Å². The molecule has 1 amide bonds. The summed E-state index contributed by atoms with van der Waals surface area (Å²) in [6.07, 6.45) is 0.897. The Bertz CT molecular complexity index is 824. The first-order chi connectivity index (χ1) is 12.4. The SMILES string of the molecule is CCCOc1ccc(C(=O)NC(=S)Nc2ccc(I)cc2C(=O)[O-])cc1. The van der Waals surface area contributed by atoms with Crippen molar-refractivity contribution in [2.24, 2.45) is 0 Å². The van der Waals surface area contributed by atoms with Gasteiger partial charge in [0.25, 0.3) is 5.91 Å². The number of aromatic carboxylic acids is 1. The quantitative estimate of drug-likeness (QED) is 0.485. The predicted octanol–water partition coefficient (Wildman–Crippen LogP) is 2.57. The summed E-state index contributed by atoms with van der Waals surface area (Å²) in [7, 11) is 0. The number of rotatable bonds is 6. The molecule has 2 aromatic carbocycles. The van der Waals surface area contributed by atoms with Crippen molar-refractivity contribution >= 4 is 57.5 Å². The average Bonchev–Trinajstić information content (AvgIpc) is 2.61. The Hall–Kier alpha value is -2.20. The van der Waals surface area contributed by atoms with Gasteiger partial charge in [0.05, 0.1) is 12.6 Å². The Kier molecular flexibility index (Phi) is 7.34. The van der Waals surface area contributed by atoms with Crippen LogP contribution in [0.15, 0.2) is 42.5 Å². The molecule has 0 aliphatic rings. The van der Waals surface area contributed by atoms with Crippen LogP contribution in [-0.4, -0.2) is 23.6 Å². The molecule has 6 nitrogen and oxygen atoms in total. The van der Waals surface area contributed by atoms with Gasteiger partial charge < -0.3 is 20.0 Å². The van der Waals surface area contributed by atoms with E-state index in [1.54, 1.807) is 36.4 Å². The zero-order chi connectivity index (χ0) is 19.1. The Morgan fingerprint density at radius 1 is 1.19 bits per heavy atom. The minimum Gasteiger partial charge on any atom is -0.545 e. The number of hydrogen-bond donors (Lipinski definition) is 2. The summed E-state index contributed by atoms with van der Waals surface area (Å²) in [5.74, 6) is -1.06. The van der Waals surface area contributed by atoms with Crippen molar-refractivity contribution in [1.29, 1.82) is 0 Å². The molecule has 8 heteroatoms. The first-order valence-electron chi connectivity index (χ1n) is 7.76. The maximum atomic E-state index is 12.2. The standard InChI is InChI=1S/C18H17IN2O4S/c1-2-9-25-13-6-3-11(4-7-13)16(22)21-18(26)20-15-8-5-12(19)10-14(15)17(23)24/h3-8,10H,2,9H2,1H3,(H,23,24)(H2,20,21,22,26)/p-1. The molecule has 0 aliphatic heterocycles. The Labute approximate surface area is 170 Å². The van der Waals surface area contributed by atoms with Gasteiger partial charge in [-0.3, -0.25) is 10.1 Å². The molecule has 0 unspecified atom stereocenters. The fraction of sp³-hybridized carbons (Fsp3) is 0.167. The molecule has 26 heavy (non-hydrogen) atoms. The normalized spacial score (nSPS) is 10.1. The van der Waals surface area contributed by atoms with Gasteiger partial charge in [-0.15, -0.1) is 0 Å². The smallest absolute Gasteiger partial charge is 0.257 e. The molecule has 0 saturated heterocycles.